The number of carbonyl (C=O) groups excluding carboxylic acids is 2. The molecule has 2 aromatic carbocycles. The number of nitro benzene ring substituents is 2. The molecule has 0 heterocycles. The minimum atomic E-state index is -0.819. The van der Waals surface area contributed by atoms with Gasteiger partial charge in [0, 0.05) is 25.6 Å². The van der Waals surface area contributed by atoms with Crippen molar-refractivity contribution in [1.82, 2.24) is 0 Å². The third-order valence-electron chi connectivity index (χ3n) is 4.27. The van der Waals surface area contributed by atoms with Gasteiger partial charge in [-0.25, -0.2) is 0 Å². The first-order valence-electron chi connectivity index (χ1n) is 10.0. The van der Waals surface area contributed by atoms with Crippen molar-refractivity contribution in [3.63, 3.8) is 0 Å². The van der Waals surface area contributed by atoms with Crippen LogP contribution in [0.1, 0.15) is 20.3 Å². The molecule has 0 aliphatic rings. The van der Waals surface area contributed by atoms with Crippen LogP contribution in [0.15, 0.2) is 39.0 Å². The van der Waals surface area contributed by atoms with Gasteiger partial charge in [-0.15, -0.1) is 10.2 Å². The van der Waals surface area contributed by atoms with Gasteiger partial charge in [0.15, 0.2) is 5.69 Å². The van der Waals surface area contributed by atoms with Crippen LogP contribution in [0.25, 0.3) is 0 Å². The van der Waals surface area contributed by atoms with Crippen molar-refractivity contribution in [2.45, 2.75) is 20.3 Å². The summed E-state index contributed by atoms with van der Waals surface area (Å²) >= 11 is 3.06. The Bertz CT molecular complexity index is 1190. The number of anilines is 2. The lowest BCUT2D eigenvalue weighted by Crippen LogP contribution is -2.12. The lowest BCUT2D eigenvalue weighted by atomic mass is 10.2. The second-order valence-electron chi connectivity index (χ2n) is 6.74. The molecule has 2 N–H and O–H groups in total. The van der Waals surface area contributed by atoms with Gasteiger partial charge in [0.25, 0.3) is 5.69 Å². The van der Waals surface area contributed by atoms with Crippen LogP contribution in [0.4, 0.5) is 34.1 Å². The number of nitro groups is 2. The van der Waals surface area contributed by atoms with E-state index in [2.05, 4.69) is 41.5 Å². The van der Waals surface area contributed by atoms with Crippen LogP contribution in [0.3, 0.4) is 0 Å². The average molecular weight is 553 g/mol. The zero-order chi connectivity index (χ0) is 26.1. The van der Waals surface area contributed by atoms with Gasteiger partial charge in [-0.1, -0.05) is 0 Å². The maximum Gasteiger partial charge on any atom is 0.307 e. The second kappa shape index (κ2) is 12.4. The van der Waals surface area contributed by atoms with E-state index >= 15 is 0 Å². The molecule has 0 bridgehead atoms. The van der Waals surface area contributed by atoms with Gasteiger partial charge < -0.3 is 20.1 Å². The third-order valence-corrected chi connectivity index (χ3v) is 4.88. The molecule has 0 aliphatic carbocycles. The smallest absolute Gasteiger partial charge is 0.307 e. The van der Waals surface area contributed by atoms with E-state index in [0.717, 1.165) is 12.1 Å². The van der Waals surface area contributed by atoms with E-state index in [1.54, 1.807) is 6.92 Å². The number of rotatable bonds is 11. The highest BCUT2D eigenvalue weighted by molar-refractivity contribution is 9.10. The van der Waals surface area contributed by atoms with Crippen LogP contribution >= 0.6 is 15.9 Å². The predicted octanol–water partition coefficient (Wildman–Crippen LogP) is 5.01. The molecule has 2 aromatic rings. The SMILES string of the molecule is CCOc1cc(N=Nc2c(Br)cc([N+](=O)[O-])cc2[N+](=O)[O-])c(NC(C)=O)cc1NCCC(=O)OC. The first kappa shape index (κ1) is 27.1. The highest BCUT2D eigenvalue weighted by atomic mass is 79.9. The van der Waals surface area contributed by atoms with Crippen molar-refractivity contribution in [1.29, 1.82) is 0 Å². The van der Waals surface area contributed by atoms with E-state index in [1.165, 1.54) is 26.2 Å². The summed E-state index contributed by atoms with van der Waals surface area (Å²) < 4.78 is 10.2. The van der Waals surface area contributed by atoms with Gasteiger partial charge in [-0.3, -0.25) is 29.8 Å². The van der Waals surface area contributed by atoms with E-state index in [4.69, 9.17) is 4.74 Å². The van der Waals surface area contributed by atoms with Gasteiger partial charge in [-0.2, -0.15) is 0 Å². The van der Waals surface area contributed by atoms with E-state index in [1.807, 2.05) is 0 Å². The Kier molecular flexibility index (Phi) is 9.57. The lowest BCUT2D eigenvalue weighted by Gasteiger charge is -2.16. The van der Waals surface area contributed by atoms with E-state index < -0.39 is 33.1 Å². The van der Waals surface area contributed by atoms with Crippen LogP contribution in [0.2, 0.25) is 0 Å². The van der Waals surface area contributed by atoms with Crippen LogP contribution in [-0.4, -0.2) is 42.0 Å². The molecule has 0 spiro atoms. The van der Waals surface area contributed by atoms with Crippen molar-refractivity contribution in [2.24, 2.45) is 10.2 Å². The van der Waals surface area contributed by atoms with Gasteiger partial charge in [0.05, 0.1) is 51.9 Å². The van der Waals surface area contributed by atoms with Crippen LogP contribution < -0.4 is 15.4 Å². The molecule has 1 amide bonds. The Balaban J connectivity index is 2.55. The number of non-ortho nitro benzene ring substituents is 1. The number of azo groups is 1. The summed E-state index contributed by atoms with van der Waals surface area (Å²) in [5.41, 5.74) is -0.647. The number of benzene rings is 2. The molecule has 186 valence electrons. The summed E-state index contributed by atoms with van der Waals surface area (Å²) in [4.78, 5) is 44.1. The fraction of sp³-hybridized carbons (Fsp3) is 0.300. The van der Waals surface area contributed by atoms with Gasteiger partial charge in [-0.05, 0) is 28.9 Å². The Hall–Kier alpha value is -4.14. The average Bonchev–Trinajstić information content (AvgIpc) is 2.79. The molecule has 0 aromatic heterocycles. The standard InChI is InChI=1S/C20H21BrN6O8/c1-4-35-18-10-15(14(23-11(2)28)9-16(18)22-6-5-19(29)34-3)24-25-20-13(21)7-12(26(30)31)8-17(20)27(32)33/h7-10,22H,4-6H2,1-3H3,(H,23,28). The normalized spacial score (nSPS) is 10.6. The summed E-state index contributed by atoms with van der Waals surface area (Å²) in [6.07, 6.45) is 0.0802. The Morgan fingerprint density at radius 1 is 1.09 bits per heavy atom. The Morgan fingerprint density at radius 2 is 1.80 bits per heavy atom. The van der Waals surface area contributed by atoms with E-state index in [-0.39, 0.29) is 41.1 Å². The predicted molar refractivity (Wildman–Crippen MR) is 129 cm³/mol. The maximum absolute atomic E-state index is 11.7. The molecule has 0 saturated heterocycles. The van der Waals surface area contributed by atoms with Crippen LogP contribution in [0.5, 0.6) is 5.75 Å². The molecule has 0 radical (unpaired) electrons. The van der Waals surface area contributed by atoms with E-state index in [0.29, 0.717) is 11.4 Å². The van der Waals surface area contributed by atoms with Gasteiger partial charge >= 0.3 is 11.7 Å². The topological polar surface area (TPSA) is 188 Å². The van der Waals surface area contributed by atoms with E-state index in [9.17, 15) is 29.8 Å². The van der Waals surface area contributed by atoms with Crippen molar-refractivity contribution in [2.75, 3.05) is 30.9 Å². The molecule has 0 fully saturated rings. The number of hydrogen-bond donors (Lipinski definition) is 2. The Morgan fingerprint density at radius 3 is 2.37 bits per heavy atom. The Labute approximate surface area is 207 Å². The number of nitrogens with zero attached hydrogens (tertiary/aromatic N) is 4. The molecule has 35 heavy (non-hydrogen) atoms. The number of nitrogens with one attached hydrogen (secondary N) is 2. The number of amides is 1. The van der Waals surface area contributed by atoms with Gasteiger partial charge in [0.2, 0.25) is 5.91 Å². The number of methoxy groups -OCH3 is 1. The summed E-state index contributed by atoms with van der Waals surface area (Å²) in [7, 11) is 1.27. The molecule has 15 heteroatoms. The third kappa shape index (κ3) is 7.43. The van der Waals surface area contributed by atoms with Crippen LogP contribution in [-0.2, 0) is 14.3 Å². The summed E-state index contributed by atoms with van der Waals surface area (Å²) in [5.74, 6) is -0.524. The minimum Gasteiger partial charge on any atom is -0.492 e. The minimum absolute atomic E-state index is 0.0191. The highest BCUT2D eigenvalue weighted by Crippen LogP contribution is 2.42. The largest absolute Gasteiger partial charge is 0.492 e. The number of esters is 1. The molecule has 2 rings (SSSR count). The van der Waals surface area contributed by atoms with Crippen molar-refractivity contribution >= 4 is 61.9 Å². The maximum atomic E-state index is 11.7. The molecule has 0 saturated carbocycles. The lowest BCUT2D eigenvalue weighted by molar-refractivity contribution is -0.393. The number of ether oxygens (including phenoxy) is 2. The summed E-state index contributed by atoms with van der Waals surface area (Å²) in [5, 5.41) is 36.1. The number of halogens is 1. The molecular weight excluding hydrogens is 532 g/mol. The molecular formula is C20H21BrN6O8. The first-order valence-corrected chi connectivity index (χ1v) is 10.8. The molecule has 0 unspecified atom stereocenters. The summed E-state index contributed by atoms with van der Waals surface area (Å²) in [6, 6.07) is 4.80. The quantitative estimate of drug-likeness (QED) is 0.167. The molecule has 14 nitrogen and oxygen atoms in total. The van der Waals surface area contributed by atoms with Gasteiger partial charge in [0.1, 0.15) is 11.4 Å². The second-order valence-corrected chi connectivity index (χ2v) is 7.60. The van der Waals surface area contributed by atoms with Crippen molar-refractivity contribution < 1.29 is 28.9 Å². The molecule has 0 atom stereocenters. The zero-order valence-electron chi connectivity index (χ0n) is 18.9. The molecule has 0 aliphatic heterocycles. The van der Waals surface area contributed by atoms with Crippen molar-refractivity contribution in [3.8, 4) is 5.75 Å². The number of hydrogen-bond acceptors (Lipinski definition) is 11. The fourth-order valence-electron chi connectivity index (χ4n) is 2.77. The first-order chi connectivity index (χ1) is 16.6. The number of carbonyl (C=O) groups is 2. The zero-order valence-corrected chi connectivity index (χ0v) is 20.4. The monoisotopic (exact) mass is 552 g/mol. The summed E-state index contributed by atoms with van der Waals surface area (Å²) in [6.45, 7) is 3.52. The fourth-order valence-corrected chi connectivity index (χ4v) is 3.29. The van der Waals surface area contributed by atoms with Crippen molar-refractivity contribution in [3.05, 3.63) is 49.0 Å². The van der Waals surface area contributed by atoms with Crippen LogP contribution in [0, 0.1) is 20.2 Å². The highest BCUT2D eigenvalue weighted by Gasteiger charge is 2.24.